The highest BCUT2D eigenvalue weighted by Crippen LogP contribution is 2.42. The van der Waals surface area contributed by atoms with Crippen LogP contribution in [0.4, 0.5) is 14.9 Å². The second-order valence-corrected chi connectivity index (χ2v) is 21.5. The van der Waals surface area contributed by atoms with Gasteiger partial charge in [-0.05, 0) is 81.6 Å². The van der Waals surface area contributed by atoms with Crippen LogP contribution in [-0.4, -0.2) is 92.7 Å². The molecule has 1 saturated heterocycles. The standard InChI is InChI=1S/C37H57FN4O5Si/c1-25-19-40(29(22-45-10)20-41(25)34(44)47-35(2,3)4)21-32(43)42-24-37(8,9)33-31(42)18-27(17-26-13-15-28(38)16-14-26)30(39-33)23-46-48(11,12)36(5,6)7/h13-16,18,25,29H,17,19-24H2,1-12H3/t25-,29-/m1/s1. The summed E-state index contributed by atoms with van der Waals surface area (Å²) in [6, 6.07) is 8.32. The summed E-state index contributed by atoms with van der Waals surface area (Å²) in [6.07, 6.45) is 0.185. The molecule has 11 heteroatoms. The molecule has 2 amide bonds. The van der Waals surface area contributed by atoms with Gasteiger partial charge < -0.3 is 23.7 Å². The van der Waals surface area contributed by atoms with Crippen molar-refractivity contribution in [3.63, 3.8) is 0 Å². The van der Waals surface area contributed by atoms with E-state index in [0.29, 0.717) is 39.3 Å². The molecule has 0 bridgehead atoms. The van der Waals surface area contributed by atoms with Gasteiger partial charge >= 0.3 is 6.09 Å². The first-order valence-electron chi connectivity index (χ1n) is 17.1. The predicted octanol–water partition coefficient (Wildman–Crippen LogP) is 6.91. The average molecular weight is 685 g/mol. The number of hydrogen-bond acceptors (Lipinski definition) is 7. The molecule has 48 heavy (non-hydrogen) atoms. The number of piperazine rings is 1. The van der Waals surface area contributed by atoms with Crippen molar-refractivity contribution in [3.05, 3.63) is 58.7 Å². The summed E-state index contributed by atoms with van der Waals surface area (Å²) in [5.41, 5.74) is 3.49. The highest BCUT2D eigenvalue weighted by atomic mass is 28.4. The summed E-state index contributed by atoms with van der Waals surface area (Å²) in [6.45, 7) is 25.3. The minimum Gasteiger partial charge on any atom is -0.444 e. The van der Waals surface area contributed by atoms with Gasteiger partial charge in [0.15, 0.2) is 8.32 Å². The molecule has 0 N–H and O–H groups in total. The Labute approximate surface area is 288 Å². The van der Waals surface area contributed by atoms with E-state index in [1.54, 1.807) is 24.1 Å². The molecule has 1 aromatic carbocycles. The lowest BCUT2D eigenvalue weighted by atomic mass is 9.90. The van der Waals surface area contributed by atoms with Gasteiger partial charge in [0.2, 0.25) is 5.91 Å². The lowest BCUT2D eigenvalue weighted by molar-refractivity contribution is -0.121. The number of carbonyl (C=O) groups is 2. The van der Waals surface area contributed by atoms with Crippen molar-refractivity contribution in [2.24, 2.45) is 0 Å². The summed E-state index contributed by atoms with van der Waals surface area (Å²) in [4.78, 5) is 38.2. The number of benzene rings is 1. The number of carbonyl (C=O) groups excluding carboxylic acids is 2. The number of ether oxygens (including phenoxy) is 2. The topological polar surface area (TPSA) is 84.4 Å². The molecule has 0 saturated carbocycles. The molecule has 0 aliphatic carbocycles. The van der Waals surface area contributed by atoms with E-state index in [9.17, 15) is 14.0 Å². The lowest BCUT2D eigenvalue weighted by Gasteiger charge is -2.45. The first-order chi connectivity index (χ1) is 22.1. The number of aromatic nitrogens is 1. The highest BCUT2D eigenvalue weighted by molar-refractivity contribution is 6.74. The van der Waals surface area contributed by atoms with Crippen LogP contribution in [0.3, 0.4) is 0 Å². The Morgan fingerprint density at radius 1 is 1.06 bits per heavy atom. The summed E-state index contributed by atoms with van der Waals surface area (Å²) < 4.78 is 31.7. The molecule has 9 nitrogen and oxygen atoms in total. The highest BCUT2D eigenvalue weighted by Gasteiger charge is 2.43. The second-order valence-electron chi connectivity index (χ2n) is 16.7. The van der Waals surface area contributed by atoms with Gasteiger partial charge in [0.1, 0.15) is 11.4 Å². The van der Waals surface area contributed by atoms with E-state index in [-0.39, 0.29) is 46.9 Å². The number of nitrogens with zero attached hydrogens (tertiary/aromatic N) is 4. The molecule has 0 spiro atoms. The van der Waals surface area contributed by atoms with Crippen molar-refractivity contribution in [3.8, 4) is 0 Å². The van der Waals surface area contributed by atoms with Gasteiger partial charge in [-0.3, -0.25) is 14.7 Å². The van der Waals surface area contributed by atoms with Crippen LogP contribution in [0.25, 0.3) is 0 Å². The molecule has 4 rings (SSSR count). The molecule has 0 radical (unpaired) electrons. The molecule has 2 atom stereocenters. The summed E-state index contributed by atoms with van der Waals surface area (Å²) in [5, 5.41) is 0.0416. The average Bonchev–Trinajstić information content (AvgIpc) is 3.22. The van der Waals surface area contributed by atoms with Crippen LogP contribution >= 0.6 is 0 Å². The van der Waals surface area contributed by atoms with Crippen molar-refractivity contribution in [2.45, 2.75) is 117 Å². The van der Waals surface area contributed by atoms with Crippen molar-refractivity contribution in [1.82, 2.24) is 14.8 Å². The molecular formula is C37H57FN4O5Si. The fourth-order valence-electron chi connectivity index (χ4n) is 6.12. The molecule has 2 aliphatic rings. The molecule has 266 valence electrons. The zero-order valence-corrected chi connectivity index (χ0v) is 32.2. The molecule has 1 aromatic heterocycles. The van der Waals surface area contributed by atoms with Gasteiger partial charge in [0, 0.05) is 38.2 Å². The number of pyridine rings is 1. The monoisotopic (exact) mass is 684 g/mol. The van der Waals surface area contributed by atoms with Crippen molar-refractivity contribution < 1.29 is 27.9 Å². The number of amides is 2. The van der Waals surface area contributed by atoms with Gasteiger partial charge in [-0.15, -0.1) is 0 Å². The predicted molar refractivity (Wildman–Crippen MR) is 190 cm³/mol. The zero-order chi connectivity index (χ0) is 35.8. The van der Waals surface area contributed by atoms with E-state index in [1.165, 1.54) is 12.1 Å². The number of rotatable bonds is 9. The summed E-state index contributed by atoms with van der Waals surface area (Å²) >= 11 is 0. The SMILES string of the molecule is COC[C@H]1CN(C(=O)OC(C)(C)C)[C@H](C)CN1CC(=O)N1CC(C)(C)c2nc(CO[Si](C)(C)C(C)(C)C)c(Cc3ccc(F)cc3)cc21. The zero-order valence-electron chi connectivity index (χ0n) is 31.2. The Morgan fingerprint density at radius 2 is 1.71 bits per heavy atom. The van der Waals surface area contributed by atoms with Gasteiger partial charge in [-0.1, -0.05) is 46.8 Å². The minimum atomic E-state index is -2.07. The smallest absolute Gasteiger partial charge is 0.410 e. The molecular weight excluding hydrogens is 628 g/mol. The minimum absolute atomic E-state index is 0.0272. The van der Waals surface area contributed by atoms with Gasteiger partial charge in [0.05, 0.1) is 42.9 Å². The molecule has 2 aliphatic heterocycles. The van der Waals surface area contributed by atoms with Crippen molar-refractivity contribution >= 4 is 26.0 Å². The Balaban J connectivity index is 1.63. The molecule has 0 unspecified atom stereocenters. The van der Waals surface area contributed by atoms with Crippen LogP contribution in [0.1, 0.15) is 84.8 Å². The maximum absolute atomic E-state index is 14.2. The van der Waals surface area contributed by atoms with Crippen molar-refractivity contribution in [1.29, 1.82) is 0 Å². The second kappa shape index (κ2) is 14.2. The van der Waals surface area contributed by atoms with E-state index in [1.807, 2.05) is 32.6 Å². The molecule has 3 heterocycles. The van der Waals surface area contributed by atoms with E-state index in [4.69, 9.17) is 18.9 Å². The summed E-state index contributed by atoms with van der Waals surface area (Å²) in [7, 11) is -0.439. The normalized spacial score (nSPS) is 20.2. The van der Waals surface area contributed by atoms with E-state index >= 15 is 0 Å². The fourth-order valence-corrected chi connectivity index (χ4v) is 7.05. The van der Waals surface area contributed by atoms with E-state index in [0.717, 1.165) is 28.2 Å². The van der Waals surface area contributed by atoms with Gasteiger partial charge in [-0.25, -0.2) is 9.18 Å². The quantitative estimate of drug-likeness (QED) is 0.266. The maximum Gasteiger partial charge on any atom is 0.410 e. The first-order valence-corrected chi connectivity index (χ1v) is 20.0. The summed E-state index contributed by atoms with van der Waals surface area (Å²) in [5.74, 6) is -0.306. The molecule has 2 aromatic rings. The Bertz CT molecular complexity index is 1470. The largest absolute Gasteiger partial charge is 0.444 e. The Hall–Kier alpha value is -2.86. The number of fused-ring (bicyclic) bond motifs is 1. The number of halogens is 1. The van der Waals surface area contributed by atoms with Crippen LogP contribution in [-0.2, 0) is 37.1 Å². The van der Waals surface area contributed by atoms with Crippen LogP contribution in [0.15, 0.2) is 30.3 Å². The number of methoxy groups -OCH3 is 1. The van der Waals surface area contributed by atoms with Gasteiger partial charge in [-0.2, -0.15) is 0 Å². The number of hydrogen-bond donors (Lipinski definition) is 0. The van der Waals surface area contributed by atoms with Crippen LogP contribution in [0.5, 0.6) is 0 Å². The number of anilines is 1. The Kier molecular flexibility index (Phi) is 11.2. The van der Waals surface area contributed by atoms with Gasteiger partial charge in [0.25, 0.3) is 0 Å². The third kappa shape index (κ3) is 8.83. The first kappa shape index (κ1) is 37.9. The lowest BCUT2D eigenvalue weighted by Crippen LogP contribution is -2.62. The third-order valence-corrected chi connectivity index (χ3v) is 14.4. The maximum atomic E-state index is 14.2. The molecule has 1 fully saturated rings. The van der Waals surface area contributed by atoms with Crippen LogP contribution < -0.4 is 4.90 Å². The van der Waals surface area contributed by atoms with E-state index in [2.05, 4.69) is 58.7 Å². The van der Waals surface area contributed by atoms with Crippen molar-refractivity contribution in [2.75, 3.05) is 44.8 Å². The van der Waals surface area contributed by atoms with E-state index < -0.39 is 13.9 Å². The van der Waals surface area contributed by atoms with Crippen LogP contribution in [0.2, 0.25) is 18.1 Å². The third-order valence-electron chi connectivity index (χ3n) is 9.92. The fraction of sp³-hybridized carbons (Fsp3) is 0.649. The Morgan fingerprint density at radius 3 is 2.29 bits per heavy atom. The van der Waals surface area contributed by atoms with Crippen LogP contribution in [0, 0.1) is 5.82 Å².